The summed E-state index contributed by atoms with van der Waals surface area (Å²) in [6, 6.07) is 9.87. The Morgan fingerprint density at radius 2 is 1.83 bits per heavy atom. The van der Waals surface area contributed by atoms with Gasteiger partial charge in [0, 0.05) is 10.8 Å². The smallest absolute Gasteiger partial charge is 0.316 e. The molecular weight excluding hydrogens is 268 g/mol. The third-order valence-corrected chi connectivity index (χ3v) is 3.64. The maximum atomic E-state index is 11.4. The molecule has 0 aliphatic rings. The van der Waals surface area contributed by atoms with E-state index in [-0.39, 0.29) is 5.97 Å². The fourth-order valence-electron chi connectivity index (χ4n) is 1.44. The van der Waals surface area contributed by atoms with Gasteiger partial charge >= 0.3 is 5.97 Å². The molecular formula is C14H19ClO2S. The van der Waals surface area contributed by atoms with Crippen molar-refractivity contribution in [2.45, 2.75) is 30.6 Å². The lowest BCUT2D eigenvalue weighted by Crippen LogP contribution is -2.08. The first kappa shape index (κ1) is 15.4. The van der Waals surface area contributed by atoms with E-state index in [0.29, 0.717) is 18.2 Å². The van der Waals surface area contributed by atoms with Gasteiger partial charge in [-0.2, -0.15) is 0 Å². The second kappa shape index (κ2) is 10.3. The molecule has 1 rings (SSSR count). The lowest BCUT2D eigenvalue weighted by molar-refractivity contribution is -0.140. The maximum absolute atomic E-state index is 11.4. The zero-order valence-electron chi connectivity index (χ0n) is 10.4. The molecule has 18 heavy (non-hydrogen) atoms. The number of carbonyl (C=O) groups excluding carboxylic acids is 1. The van der Waals surface area contributed by atoms with Crippen LogP contribution < -0.4 is 0 Å². The highest BCUT2D eigenvalue weighted by Gasteiger charge is 2.03. The fourth-order valence-corrected chi connectivity index (χ4v) is 2.34. The Hall–Kier alpha value is -0.670. The Morgan fingerprint density at radius 3 is 2.56 bits per heavy atom. The van der Waals surface area contributed by atoms with Gasteiger partial charge in [0.25, 0.3) is 0 Å². The molecule has 0 N–H and O–H groups in total. The predicted molar refractivity (Wildman–Crippen MR) is 77.3 cm³/mol. The van der Waals surface area contributed by atoms with Crippen LogP contribution in [0.15, 0.2) is 35.2 Å². The summed E-state index contributed by atoms with van der Waals surface area (Å²) in [5, 5.41) is 0. The molecule has 0 fully saturated rings. The molecule has 0 aliphatic carbocycles. The summed E-state index contributed by atoms with van der Waals surface area (Å²) >= 11 is 7.08. The molecule has 0 spiro atoms. The van der Waals surface area contributed by atoms with Gasteiger partial charge in [-0.3, -0.25) is 4.79 Å². The Kier molecular flexibility index (Phi) is 8.78. The van der Waals surface area contributed by atoms with Crippen molar-refractivity contribution in [1.82, 2.24) is 0 Å². The van der Waals surface area contributed by atoms with Gasteiger partial charge in [0.05, 0.1) is 12.4 Å². The summed E-state index contributed by atoms with van der Waals surface area (Å²) < 4.78 is 5.15. The molecule has 0 radical (unpaired) electrons. The molecule has 1 aromatic rings. The fraction of sp³-hybridized carbons (Fsp3) is 0.500. The number of thioether (sulfide) groups is 1. The van der Waals surface area contributed by atoms with Crippen molar-refractivity contribution in [3.05, 3.63) is 30.3 Å². The number of hydrogen-bond acceptors (Lipinski definition) is 3. The van der Waals surface area contributed by atoms with E-state index < -0.39 is 0 Å². The summed E-state index contributed by atoms with van der Waals surface area (Å²) in [6.07, 6.45) is 4.16. The van der Waals surface area contributed by atoms with Gasteiger partial charge in [0.15, 0.2) is 0 Å². The number of halogens is 1. The van der Waals surface area contributed by atoms with Crippen LogP contribution in [0.5, 0.6) is 0 Å². The van der Waals surface area contributed by atoms with Gasteiger partial charge in [-0.1, -0.05) is 31.0 Å². The first-order valence-electron chi connectivity index (χ1n) is 6.22. The van der Waals surface area contributed by atoms with Crippen molar-refractivity contribution >= 4 is 29.3 Å². The summed E-state index contributed by atoms with van der Waals surface area (Å²) in [5.41, 5.74) is 0. The summed E-state index contributed by atoms with van der Waals surface area (Å²) in [6.45, 7) is 0.524. The van der Waals surface area contributed by atoms with Crippen molar-refractivity contribution in [1.29, 1.82) is 0 Å². The lowest BCUT2D eigenvalue weighted by atomic mass is 10.2. The monoisotopic (exact) mass is 286 g/mol. The molecule has 0 aliphatic heterocycles. The van der Waals surface area contributed by atoms with E-state index in [1.807, 2.05) is 30.3 Å². The van der Waals surface area contributed by atoms with E-state index in [2.05, 4.69) is 0 Å². The summed E-state index contributed by atoms with van der Waals surface area (Å²) in [4.78, 5) is 12.5. The average molecular weight is 287 g/mol. The second-order valence-electron chi connectivity index (χ2n) is 3.93. The molecule has 0 saturated heterocycles. The van der Waals surface area contributed by atoms with E-state index in [4.69, 9.17) is 16.3 Å². The number of carbonyl (C=O) groups is 1. The SMILES string of the molecule is O=C(CSc1ccccc1)OCCCCCCCl. The largest absolute Gasteiger partial charge is 0.465 e. The molecule has 0 saturated carbocycles. The molecule has 4 heteroatoms. The minimum Gasteiger partial charge on any atom is -0.465 e. The van der Waals surface area contributed by atoms with Crippen LogP contribution in [0.2, 0.25) is 0 Å². The highest BCUT2D eigenvalue weighted by atomic mass is 35.5. The van der Waals surface area contributed by atoms with Crippen LogP contribution >= 0.6 is 23.4 Å². The summed E-state index contributed by atoms with van der Waals surface area (Å²) in [7, 11) is 0. The Morgan fingerprint density at radius 1 is 1.11 bits per heavy atom. The second-order valence-corrected chi connectivity index (χ2v) is 5.35. The molecule has 0 bridgehead atoms. The first-order chi connectivity index (χ1) is 8.83. The van der Waals surface area contributed by atoms with Gasteiger partial charge in [-0.25, -0.2) is 0 Å². The van der Waals surface area contributed by atoms with Crippen LogP contribution in [0, 0.1) is 0 Å². The highest BCUT2D eigenvalue weighted by molar-refractivity contribution is 8.00. The number of alkyl halides is 1. The zero-order chi connectivity index (χ0) is 13.1. The predicted octanol–water partition coefficient (Wildman–Crippen LogP) is 4.12. The maximum Gasteiger partial charge on any atom is 0.316 e. The molecule has 0 unspecified atom stereocenters. The van der Waals surface area contributed by atoms with Crippen molar-refractivity contribution in [2.75, 3.05) is 18.2 Å². The Labute approximate surface area is 118 Å². The minimum atomic E-state index is -0.138. The molecule has 0 aromatic heterocycles. The topological polar surface area (TPSA) is 26.3 Å². The summed E-state index contributed by atoms with van der Waals surface area (Å²) in [5.74, 6) is 0.959. The number of ether oxygens (including phenoxy) is 1. The van der Waals surface area contributed by atoms with Crippen LogP contribution in [0.1, 0.15) is 25.7 Å². The van der Waals surface area contributed by atoms with E-state index in [9.17, 15) is 4.79 Å². The third kappa shape index (κ3) is 7.62. The van der Waals surface area contributed by atoms with Crippen LogP contribution in [-0.4, -0.2) is 24.2 Å². The van der Waals surface area contributed by atoms with E-state index in [1.165, 1.54) is 11.8 Å². The Bertz CT molecular complexity index is 330. The van der Waals surface area contributed by atoms with Gasteiger partial charge in [0.1, 0.15) is 0 Å². The van der Waals surface area contributed by atoms with Crippen LogP contribution in [0.3, 0.4) is 0 Å². The quantitative estimate of drug-likeness (QED) is 0.296. The standard InChI is InChI=1S/C14H19ClO2S/c15-10-6-1-2-7-11-17-14(16)12-18-13-8-4-3-5-9-13/h3-5,8-9H,1-2,6-7,10-12H2. The van der Waals surface area contributed by atoms with E-state index in [0.717, 1.165) is 30.6 Å². The van der Waals surface area contributed by atoms with E-state index >= 15 is 0 Å². The van der Waals surface area contributed by atoms with Crippen LogP contribution in [0.25, 0.3) is 0 Å². The average Bonchev–Trinajstić information content (AvgIpc) is 2.41. The highest BCUT2D eigenvalue weighted by Crippen LogP contribution is 2.16. The molecule has 100 valence electrons. The van der Waals surface area contributed by atoms with Crippen molar-refractivity contribution in [3.8, 4) is 0 Å². The van der Waals surface area contributed by atoms with Crippen molar-refractivity contribution < 1.29 is 9.53 Å². The number of hydrogen-bond donors (Lipinski definition) is 0. The number of rotatable bonds is 9. The minimum absolute atomic E-state index is 0.138. The van der Waals surface area contributed by atoms with E-state index in [1.54, 1.807) is 0 Å². The molecule has 0 atom stereocenters. The number of unbranched alkanes of at least 4 members (excludes halogenated alkanes) is 3. The van der Waals surface area contributed by atoms with Crippen LogP contribution in [-0.2, 0) is 9.53 Å². The number of esters is 1. The molecule has 0 heterocycles. The molecule has 0 amide bonds. The third-order valence-electron chi connectivity index (χ3n) is 2.39. The van der Waals surface area contributed by atoms with Gasteiger partial charge < -0.3 is 4.74 Å². The molecule has 1 aromatic carbocycles. The van der Waals surface area contributed by atoms with Crippen molar-refractivity contribution in [3.63, 3.8) is 0 Å². The number of benzene rings is 1. The van der Waals surface area contributed by atoms with Crippen LogP contribution in [0.4, 0.5) is 0 Å². The molecule has 2 nitrogen and oxygen atoms in total. The lowest BCUT2D eigenvalue weighted by Gasteiger charge is -2.04. The normalized spacial score (nSPS) is 10.3. The first-order valence-corrected chi connectivity index (χ1v) is 7.74. The zero-order valence-corrected chi connectivity index (χ0v) is 12.0. The van der Waals surface area contributed by atoms with Gasteiger partial charge in [0.2, 0.25) is 0 Å². The Balaban J connectivity index is 2.01. The van der Waals surface area contributed by atoms with Crippen molar-refractivity contribution in [2.24, 2.45) is 0 Å². The van der Waals surface area contributed by atoms with Gasteiger partial charge in [-0.15, -0.1) is 23.4 Å². The van der Waals surface area contributed by atoms with Gasteiger partial charge in [-0.05, 0) is 25.0 Å².